The number of hydrogen-bond donors (Lipinski definition) is 0. The fraction of sp³-hybridized carbons (Fsp3) is 0.211. The first-order chi connectivity index (χ1) is 10.6. The van der Waals surface area contributed by atoms with Gasteiger partial charge in [0.2, 0.25) is 5.78 Å². The maximum absolute atomic E-state index is 4.83. The van der Waals surface area contributed by atoms with E-state index < -0.39 is 0 Å². The van der Waals surface area contributed by atoms with Crippen LogP contribution in [0.3, 0.4) is 0 Å². The van der Waals surface area contributed by atoms with Crippen LogP contribution >= 0.6 is 0 Å². The van der Waals surface area contributed by atoms with Gasteiger partial charge in [-0.2, -0.15) is 0 Å². The number of imidazole rings is 2. The number of para-hydroxylation sites is 3. The molecule has 0 atom stereocenters. The molecule has 0 fully saturated rings. The van der Waals surface area contributed by atoms with Crippen molar-refractivity contribution in [2.24, 2.45) is 0 Å². The fourth-order valence-electron chi connectivity index (χ4n) is 3.36. The Morgan fingerprint density at radius 3 is 2.09 bits per heavy atom. The van der Waals surface area contributed by atoms with Gasteiger partial charge in [-0.25, -0.2) is 4.98 Å². The van der Waals surface area contributed by atoms with E-state index in [0.29, 0.717) is 0 Å². The second-order valence-electron chi connectivity index (χ2n) is 5.98. The van der Waals surface area contributed by atoms with Crippen molar-refractivity contribution < 1.29 is 0 Å². The van der Waals surface area contributed by atoms with E-state index in [0.717, 1.165) is 11.5 Å². The van der Waals surface area contributed by atoms with Crippen molar-refractivity contribution in [1.82, 2.24) is 14.0 Å². The van der Waals surface area contributed by atoms with Gasteiger partial charge < -0.3 is 0 Å². The summed E-state index contributed by atoms with van der Waals surface area (Å²) in [6, 6.07) is 15.0. The summed E-state index contributed by atoms with van der Waals surface area (Å²) >= 11 is 0. The van der Waals surface area contributed by atoms with Crippen LogP contribution in [-0.4, -0.2) is 14.0 Å². The van der Waals surface area contributed by atoms with Crippen molar-refractivity contribution in [2.75, 3.05) is 0 Å². The van der Waals surface area contributed by atoms with Gasteiger partial charge in [-0.3, -0.25) is 8.97 Å². The molecule has 4 aromatic rings. The zero-order valence-corrected chi connectivity index (χ0v) is 13.4. The van der Waals surface area contributed by atoms with Crippen molar-refractivity contribution in [3.8, 4) is 5.69 Å². The van der Waals surface area contributed by atoms with Crippen LogP contribution in [0.15, 0.2) is 42.5 Å². The van der Waals surface area contributed by atoms with Crippen LogP contribution < -0.4 is 0 Å². The molecule has 0 aliphatic heterocycles. The number of fused-ring (bicyclic) bond motifs is 3. The molecular formula is C19H19N3. The molecule has 0 aliphatic carbocycles. The molecule has 0 amide bonds. The molecule has 0 unspecified atom stereocenters. The van der Waals surface area contributed by atoms with Gasteiger partial charge >= 0.3 is 0 Å². The Hall–Kier alpha value is -2.55. The first kappa shape index (κ1) is 13.1. The minimum atomic E-state index is 0.994. The molecule has 0 aliphatic rings. The maximum atomic E-state index is 4.83. The summed E-state index contributed by atoms with van der Waals surface area (Å²) in [5, 5.41) is 0. The number of benzene rings is 2. The Bertz CT molecular complexity index is 998. The lowest BCUT2D eigenvalue weighted by Crippen LogP contribution is -2.00. The Morgan fingerprint density at radius 1 is 0.773 bits per heavy atom. The molecule has 110 valence electrons. The lowest BCUT2D eigenvalue weighted by atomic mass is 10.1. The number of aromatic nitrogens is 3. The molecule has 0 saturated heterocycles. The first-order valence-corrected chi connectivity index (χ1v) is 7.61. The molecule has 4 rings (SSSR count). The van der Waals surface area contributed by atoms with Gasteiger partial charge in [0.25, 0.3) is 0 Å². The molecule has 2 aromatic carbocycles. The van der Waals surface area contributed by atoms with Crippen LogP contribution in [-0.2, 0) is 0 Å². The molecule has 0 bridgehead atoms. The maximum Gasteiger partial charge on any atom is 0.220 e. The summed E-state index contributed by atoms with van der Waals surface area (Å²) in [6.45, 7) is 8.54. The highest BCUT2D eigenvalue weighted by atomic mass is 15.2. The van der Waals surface area contributed by atoms with E-state index in [1.807, 2.05) is 0 Å². The Labute approximate surface area is 129 Å². The van der Waals surface area contributed by atoms with Gasteiger partial charge in [0.1, 0.15) is 0 Å². The van der Waals surface area contributed by atoms with Gasteiger partial charge in [0, 0.05) is 5.69 Å². The summed E-state index contributed by atoms with van der Waals surface area (Å²) < 4.78 is 4.55. The third-order valence-electron chi connectivity index (χ3n) is 4.55. The largest absolute Gasteiger partial charge is 0.280 e. The molecule has 2 heterocycles. The monoisotopic (exact) mass is 289 g/mol. The van der Waals surface area contributed by atoms with Crippen molar-refractivity contribution in [3.63, 3.8) is 0 Å². The molecule has 0 saturated carbocycles. The number of hydrogen-bond acceptors (Lipinski definition) is 1. The fourth-order valence-corrected chi connectivity index (χ4v) is 3.36. The number of rotatable bonds is 1. The normalized spacial score (nSPS) is 11.6. The van der Waals surface area contributed by atoms with Crippen molar-refractivity contribution >= 4 is 16.8 Å². The van der Waals surface area contributed by atoms with Crippen LogP contribution in [0, 0.1) is 27.7 Å². The van der Waals surface area contributed by atoms with E-state index in [-0.39, 0.29) is 0 Å². The zero-order valence-electron chi connectivity index (χ0n) is 13.4. The average Bonchev–Trinajstić information content (AvgIpc) is 2.95. The molecule has 3 heteroatoms. The average molecular weight is 289 g/mol. The lowest BCUT2D eigenvalue weighted by Gasteiger charge is -2.12. The first-order valence-electron chi connectivity index (χ1n) is 7.61. The third-order valence-corrected chi connectivity index (χ3v) is 4.55. The predicted octanol–water partition coefficient (Wildman–Crippen LogP) is 4.51. The summed E-state index contributed by atoms with van der Waals surface area (Å²) in [5.41, 5.74) is 8.46. The van der Waals surface area contributed by atoms with Crippen LogP contribution in [0.5, 0.6) is 0 Å². The molecule has 0 N–H and O–H groups in total. The standard InChI is InChI=1S/C19H19N3/c1-12-8-7-9-13(2)18(12)22-17-11-6-5-10-16(17)21-15(4)14(3)20-19(21)22/h5-11H,1-4H3. The van der Waals surface area contributed by atoms with Crippen molar-refractivity contribution in [2.45, 2.75) is 27.7 Å². The van der Waals surface area contributed by atoms with Crippen LogP contribution in [0.25, 0.3) is 22.5 Å². The second-order valence-corrected chi connectivity index (χ2v) is 5.98. The highest BCUT2D eigenvalue weighted by molar-refractivity contribution is 5.84. The lowest BCUT2D eigenvalue weighted by molar-refractivity contribution is 1.06. The Kier molecular flexibility index (Phi) is 2.67. The Morgan fingerprint density at radius 2 is 1.41 bits per heavy atom. The van der Waals surface area contributed by atoms with E-state index in [1.165, 1.54) is 33.5 Å². The second kappa shape index (κ2) is 4.47. The van der Waals surface area contributed by atoms with Gasteiger partial charge in [-0.1, -0.05) is 30.3 Å². The van der Waals surface area contributed by atoms with E-state index in [2.05, 4.69) is 79.1 Å². The summed E-state index contributed by atoms with van der Waals surface area (Å²) in [7, 11) is 0. The van der Waals surface area contributed by atoms with Gasteiger partial charge in [0.05, 0.1) is 22.4 Å². The van der Waals surface area contributed by atoms with Crippen molar-refractivity contribution in [1.29, 1.82) is 0 Å². The van der Waals surface area contributed by atoms with E-state index >= 15 is 0 Å². The smallest absolute Gasteiger partial charge is 0.220 e. The van der Waals surface area contributed by atoms with Gasteiger partial charge in [-0.05, 0) is 51.0 Å². The van der Waals surface area contributed by atoms with Crippen LogP contribution in [0.1, 0.15) is 22.5 Å². The molecule has 3 nitrogen and oxygen atoms in total. The minimum Gasteiger partial charge on any atom is -0.280 e. The molecule has 22 heavy (non-hydrogen) atoms. The molecule has 0 radical (unpaired) electrons. The van der Waals surface area contributed by atoms with Crippen molar-refractivity contribution in [3.05, 3.63) is 65.0 Å². The number of aryl methyl sites for hydroxylation is 4. The van der Waals surface area contributed by atoms with E-state index in [9.17, 15) is 0 Å². The minimum absolute atomic E-state index is 0.994. The number of nitrogens with zero attached hydrogens (tertiary/aromatic N) is 3. The summed E-state index contributed by atoms with van der Waals surface area (Å²) in [5.74, 6) is 0.994. The topological polar surface area (TPSA) is 22.2 Å². The SMILES string of the molecule is Cc1cccc(C)c1-n1c2ccccc2n2c(C)c(C)nc12. The quantitative estimate of drug-likeness (QED) is 0.505. The molecule has 0 spiro atoms. The third kappa shape index (κ3) is 1.59. The van der Waals surface area contributed by atoms with E-state index in [4.69, 9.17) is 4.98 Å². The molecule has 2 aromatic heterocycles. The van der Waals surface area contributed by atoms with Gasteiger partial charge in [0.15, 0.2) is 0 Å². The zero-order chi connectivity index (χ0) is 15.4. The van der Waals surface area contributed by atoms with Gasteiger partial charge in [-0.15, -0.1) is 0 Å². The van der Waals surface area contributed by atoms with Crippen LogP contribution in [0.4, 0.5) is 0 Å². The summed E-state index contributed by atoms with van der Waals surface area (Å²) in [6.07, 6.45) is 0. The van der Waals surface area contributed by atoms with E-state index in [1.54, 1.807) is 0 Å². The Balaban J connectivity index is 2.28. The predicted molar refractivity (Wildman–Crippen MR) is 91.0 cm³/mol. The summed E-state index contributed by atoms with van der Waals surface area (Å²) in [4.78, 5) is 4.83. The highest BCUT2D eigenvalue weighted by Crippen LogP contribution is 2.30. The highest BCUT2D eigenvalue weighted by Gasteiger charge is 2.18. The van der Waals surface area contributed by atoms with Crippen LogP contribution in [0.2, 0.25) is 0 Å². The molecular weight excluding hydrogens is 270 g/mol.